The highest BCUT2D eigenvalue weighted by Gasteiger charge is 2.37. The average Bonchev–Trinajstić information content (AvgIpc) is 3.43. The Morgan fingerprint density at radius 1 is 0.925 bits per heavy atom. The summed E-state index contributed by atoms with van der Waals surface area (Å²) in [5, 5.41) is 8.27. The number of Topliss-reactive ketones (excluding diaryl/α,β-unsaturated/α-hetero) is 1. The van der Waals surface area contributed by atoms with E-state index in [1.807, 2.05) is 66.7 Å². The van der Waals surface area contributed by atoms with E-state index in [0.29, 0.717) is 47.6 Å². The van der Waals surface area contributed by atoms with Gasteiger partial charge in [-0.1, -0.05) is 42.5 Å². The van der Waals surface area contributed by atoms with Crippen molar-refractivity contribution in [3.8, 4) is 34.4 Å². The van der Waals surface area contributed by atoms with Crippen LogP contribution >= 0.6 is 0 Å². The lowest BCUT2D eigenvalue weighted by Gasteiger charge is -2.32. The van der Waals surface area contributed by atoms with Crippen LogP contribution in [0.4, 0.5) is 5.95 Å². The Bertz CT molecular complexity index is 1550. The van der Waals surface area contributed by atoms with Crippen LogP contribution in [0.25, 0.3) is 11.4 Å². The van der Waals surface area contributed by atoms with Crippen LogP contribution in [0.15, 0.2) is 78.0 Å². The number of ketones is 1. The molecule has 0 saturated heterocycles. The topological polar surface area (TPSA) is 96.7 Å². The Labute approximate surface area is 232 Å². The van der Waals surface area contributed by atoms with Crippen molar-refractivity contribution in [1.29, 1.82) is 0 Å². The lowest BCUT2D eigenvalue weighted by Crippen LogP contribution is -2.31. The smallest absolute Gasteiger partial charge is 0.226 e. The van der Waals surface area contributed by atoms with E-state index in [1.54, 1.807) is 26.0 Å². The lowest BCUT2D eigenvalue weighted by molar-refractivity contribution is -0.116. The summed E-state index contributed by atoms with van der Waals surface area (Å²) in [6, 6.07) is 21.1. The highest BCUT2D eigenvalue weighted by atomic mass is 16.5. The van der Waals surface area contributed by atoms with Gasteiger partial charge in [0.2, 0.25) is 11.7 Å². The first-order chi connectivity index (χ1) is 19.6. The molecule has 0 spiro atoms. The van der Waals surface area contributed by atoms with Crippen molar-refractivity contribution in [2.45, 2.75) is 31.9 Å². The maximum absolute atomic E-state index is 13.2. The van der Waals surface area contributed by atoms with Crippen LogP contribution in [0, 0.1) is 0 Å². The summed E-state index contributed by atoms with van der Waals surface area (Å²) in [5.41, 5.74) is 4.36. The largest absolute Gasteiger partial charge is 0.493 e. The van der Waals surface area contributed by atoms with E-state index in [2.05, 4.69) is 5.32 Å². The second kappa shape index (κ2) is 10.8. The third-order valence-corrected chi connectivity index (χ3v) is 7.24. The Morgan fingerprint density at radius 2 is 1.65 bits per heavy atom. The fourth-order valence-electron chi connectivity index (χ4n) is 5.28. The van der Waals surface area contributed by atoms with Crippen molar-refractivity contribution in [2.24, 2.45) is 0 Å². The molecule has 1 aliphatic carbocycles. The van der Waals surface area contributed by atoms with Gasteiger partial charge in [-0.05, 0) is 48.2 Å². The number of anilines is 1. The zero-order chi connectivity index (χ0) is 27.6. The van der Waals surface area contributed by atoms with Gasteiger partial charge in [-0.2, -0.15) is 4.98 Å². The normalized spacial score (nSPS) is 16.1. The van der Waals surface area contributed by atoms with Crippen molar-refractivity contribution in [1.82, 2.24) is 14.8 Å². The summed E-state index contributed by atoms with van der Waals surface area (Å²) >= 11 is 0. The number of nitrogens with zero attached hydrogens (tertiary/aromatic N) is 3. The molecule has 0 radical (unpaired) electrons. The second-order valence-electron chi connectivity index (χ2n) is 9.66. The first kappa shape index (κ1) is 25.5. The minimum atomic E-state index is -0.412. The molecule has 6 rings (SSSR count). The fourth-order valence-corrected chi connectivity index (χ4v) is 5.28. The number of hydrogen-bond donors (Lipinski definition) is 1. The average molecular weight is 539 g/mol. The van der Waals surface area contributed by atoms with E-state index in [1.165, 1.54) is 0 Å². The summed E-state index contributed by atoms with van der Waals surface area (Å²) in [6.45, 7) is 0.479. The molecule has 1 atom stereocenters. The first-order valence-electron chi connectivity index (χ1n) is 13.2. The number of aromatic nitrogens is 3. The maximum atomic E-state index is 13.2. The summed E-state index contributed by atoms with van der Waals surface area (Å²) in [4.78, 5) is 18.1. The van der Waals surface area contributed by atoms with Gasteiger partial charge >= 0.3 is 0 Å². The number of rotatable bonds is 8. The third kappa shape index (κ3) is 4.64. The molecule has 0 bridgehead atoms. The quantitative estimate of drug-likeness (QED) is 0.311. The van der Waals surface area contributed by atoms with Crippen LogP contribution in [0.5, 0.6) is 23.0 Å². The van der Waals surface area contributed by atoms with Crippen LogP contribution in [0.2, 0.25) is 0 Å². The molecule has 1 unspecified atom stereocenters. The highest BCUT2D eigenvalue weighted by Crippen LogP contribution is 2.43. The molecule has 40 heavy (non-hydrogen) atoms. The number of carbonyl (C=O) groups excluding carboxylic acids is 1. The SMILES string of the molecule is COc1cc(-c2nc3n(n2)C(c2ccc(OCc4ccccc4)cc2)C2=C(CCCC2=O)N3)cc(OC)c1OC. The fraction of sp³-hybridized carbons (Fsp3) is 0.258. The first-order valence-corrected chi connectivity index (χ1v) is 13.2. The van der Waals surface area contributed by atoms with Gasteiger partial charge in [-0.3, -0.25) is 4.79 Å². The van der Waals surface area contributed by atoms with Crippen LogP contribution in [0.3, 0.4) is 0 Å². The number of carbonyl (C=O) groups is 1. The van der Waals surface area contributed by atoms with Gasteiger partial charge in [-0.25, -0.2) is 4.68 Å². The Morgan fingerprint density at radius 3 is 2.33 bits per heavy atom. The van der Waals surface area contributed by atoms with Crippen molar-refractivity contribution in [3.63, 3.8) is 0 Å². The second-order valence-corrected chi connectivity index (χ2v) is 9.66. The number of allylic oxidation sites excluding steroid dienone is 2. The predicted molar refractivity (Wildman–Crippen MR) is 150 cm³/mol. The third-order valence-electron chi connectivity index (χ3n) is 7.24. The van der Waals surface area contributed by atoms with Crippen LogP contribution < -0.4 is 24.3 Å². The van der Waals surface area contributed by atoms with E-state index in [-0.39, 0.29) is 5.78 Å². The monoisotopic (exact) mass is 538 g/mol. The molecular weight excluding hydrogens is 508 g/mol. The molecule has 2 aliphatic rings. The van der Waals surface area contributed by atoms with E-state index in [4.69, 9.17) is 29.0 Å². The van der Waals surface area contributed by atoms with E-state index >= 15 is 0 Å². The standard InChI is InChI=1S/C31H30N4O5/c1-37-25-16-21(17-26(38-2)29(25)39-3)30-33-31-32-23-10-7-11-24(36)27(23)28(35(31)34-30)20-12-14-22(15-13-20)40-18-19-8-5-4-6-9-19/h4-6,8-9,12-17,28H,7,10-11,18H2,1-3H3,(H,32,33,34). The number of hydrogen-bond acceptors (Lipinski definition) is 8. The van der Waals surface area contributed by atoms with Gasteiger partial charge in [-0.15, -0.1) is 5.10 Å². The van der Waals surface area contributed by atoms with Gasteiger partial charge in [0.25, 0.3) is 0 Å². The minimum absolute atomic E-state index is 0.124. The molecular formula is C31H30N4O5. The van der Waals surface area contributed by atoms with Crippen molar-refractivity contribution in [3.05, 3.63) is 89.1 Å². The molecule has 1 aliphatic heterocycles. The lowest BCUT2D eigenvalue weighted by atomic mass is 9.85. The summed E-state index contributed by atoms with van der Waals surface area (Å²) in [6.07, 6.45) is 2.10. The van der Waals surface area contributed by atoms with Gasteiger partial charge < -0.3 is 24.3 Å². The van der Waals surface area contributed by atoms with Crippen molar-refractivity contribution < 1.29 is 23.7 Å². The maximum Gasteiger partial charge on any atom is 0.226 e. The Balaban J connectivity index is 1.37. The van der Waals surface area contributed by atoms with Crippen molar-refractivity contribution >= 4 is 11.7 Å². The molecule has 1 N–H and O–H groups in total. The van der Waals surface area contributed by atoms with Gasteiger partial charge in [0, 0.05) is 23.3 Å². The molecule has 204 valence electrons. The summed E-state index contributed by atoms with van der Waals surface area (Å²) in [5.74, 6) is 3.43. The molecule has 2 heterocycles. The summed E-state index contributed by atoms with van der Waals surface area (Å²) < 4.78 is 24.3. The molecule has 0 saturated carbocycles. The number of fused-ring (bicyclic) bond motifs is 1. The summed E-state index contributed by atoms with van der Waals surface area (Å²) in [7, 11) is 4.70. The zero-order valence-corrected chi connectivity index (χ0v) is 22.6. The minimum Gasteiger partial charge on any atom is -0.493 e. The molecule has 0 fully saturated rings. The number of benzene rings is 3. The Hall–Kier alpha value is -4.79. The van der Waals surface area contributed by atoms with Crippen molar-refractivity contribution in [2.75, 3.05) is 26.6 Å². The predicted octanol–water partition coefficient (Wildman–Crippen LogP) is 5.57. The van der Waals surface area contributed by atoms with Gasteiger partial charge in [0.15, 0.2) is 23.1 Å². The Kier molecular flexibility index (Phi) is 6.86. The van der Waals surface area contributed by atoms with Crippen LogP contribution in [-0.2, 0) is 11.4 Å². The number of nitrogens with one attached hydrogen (secondary N) is 1. The van der Waals surface area contributed by atoms with Gasteiger partial charge in [0.1, 0.15) is 18.4 Å². The van der Waals surface area contributed by atoms with Crippen LogP contribution in [-0.4, -0.2) is 41.9 Å². The molecule has 9 nitrogen and oxygen atoms in total. The number of ether oxygens (including phenoxy) is 4. The van der Waals surface area contributed by atoms with Gasteiger partial charge in [0.05, 0.1) is 21.3 Å². The highest BCUT2D eigenvalue weighted by molar-refractivity contribution is 5.99. The van der Waals surface area contributed by atoms with E-state index in [9.17, 15) is 4.79 Å². The molecule has 0 amide bonds. The molecule has 1 aromatic heterocycles. The van der Waals surface area contributed by atoms with E-state index in [0.717, 1.165) is 41.0 Å². The zero-order valence-electron chi connectivity index (χ0n) is 22.6. The molecule has 9 heteroatoms. The molecule has 4 aromatic rings. The number of methoxy groups -OCH3 is 3. The van der Waals surface area contributed by atoms with Crippen LogP contribution in [0.1, 0.15) is 36.4 Å². The molecule has 3 aromatic carbocycles. The van der Waals surface area contributed by atoms with E-state index < -0.39 is 6.04 Å².